The molecule has 0 aromatic heterocycles. The van der Waals surface area contributed by atoms with E-state index in [4.69, 9.17) is 18.9 Å². The van der Waals surface area contributed by atoms with E-state index in [1.807, 2.05) is 0 Å². The van der Waals surface area contributed by atoms with Gasteiger partial charge in [0, 0.05) is 4.90 Å². The Morgan fingerprint density at radius 1 is 0.700 bits per heavy atom. The predicted molar refractivity (Wildman–Crippen MR) is 111 cm³/mol. The molecule has 2 aliphatic heterocycles. The van der Waals surface area contributed by atoms with Crippen LogP contribution in [0.25, 0.3) is 0 Å². The zero-order valence-electron chi connectivity index (χ0n) is 16.3. The van der Waals surface area contributed by atoms with E-state index in [2.05, 4.69) is 0 Å². The molecule has 1 spiro atoms. The Morgan fingerprint density at radius 2 is 1.17 bits per heavy atom. The second kappa shape index (κ2) is 8.78. The molecule has 3 rings (SSSR count). The van der Waals surface area contributed by atoms with Crippen LogP contribution < -0.4 is 0 Å². The molecular formula is C19H16O8S3. The summed E-state index contributed by atoms with van der Waals surface area (Å²) in [5, 5.41) is 0. The van der Waals surface area contributed by atoms with Gasteiger partial charge in [-0.2, -0.15) is 0 Å². The Hall–Kier alpha value is -2.37. The van der Waals surface area contributed by atoms with Gasteiger partial charge >= 0.3 is 23.9 Å². The first-order chi connectivity index (χ1) is 14.3. The van der Waals surface area contributed by atoms with Crippen LogP contribution in [0.5, 0.6) is 0 Å². The van der Waals surface area contributed by atoms with Crippen LogP contribution in [-0.4, -0.2) is 52.3 Å². The largest absolute Gasteiger partial charge is 0.466 e. The number of hydrogen-bond donors (Lipinski definition) is 0. The van der Waals surface area contributed by atoms with Gasteiger partial charge < -0.3 is 18.9 Å². The van der Waals surface area contributed by atoms with Crippen molar-refractivity contribution in [1.29, 1.82) is 0 Å². The lowest BCUT2D eigenvalue weighted by atomic mass is 10.0. The minimum Gasteiger partial charge on any atom is -0.466 e. The lowest BCUT2D eigenvalue weighted by Crippen LogP contribution is -2.32. The van der Waals surface area contributed by atoms with Gasteiger partial charge in [0.05, 0.1) is 34.0 Å². The Kier molecular flexibility index (Phi) is 6.53. The molecule has 0 saturated carbocycles. The van der Waals surface area contributed by atoms with Crippen molar-refractivity contribution in [2.75, 3.05) is 28.4 Å². The Morgan fingerprint density at radius 3 is 1.67 bits per heavy atom. The van der Waals surface area contributed by atoms with Crippen LogP contribution in [-0.2, 0) is 42.2 Å². The third-order valence-corrected chi connectivity index (χ3v) is 8.56. The molecule has 30 heavy (non-hydrogen) atoms. The molecule has 0 fully saturated rings. The van der Waals surface area contributed by atoms with Crippen LogP contribution in [0.2, 0.25) is 0 Å². The summed E-state index contributed by atoms with van der Waals surface area (Å²) in [7, 11) is 4.75. The van der Waals surface area contributed by atoms with Gasteiger partial charge in [-0.3, -0.25) is 0 Å². The lowest BCUT2D eigenvalue weighted by Gasteiger charge is -2.35. The quantitative estimate of drug-likeness (QED) is 0.481. The van der Waals surface area contributed by atoms with Gasteiger partial charge in [-0.25, -0.2) is 19.2 Å². The fourth-order valence-corrected chi connectivity index (χ4v) is 7.69. The van der Waals surface area contributed by atoms with Gasteiger partial charge in [-0.05, 0) is 11.6 Å². The molecule has 8 nitrogen and oxygen atoms in total. The zero-order valence-corrected chi connectivity index (χ0v) is 18.7. The number of esters is 4. The number of carbonyl (C=O) groups is 4. The van der Waals surface area contributed by atoms with Crippen LogP contribution in [0.1, 0.15) is 5.56 Å². The fourth-order valence-electron chi connectivity index (χ4n) is 2.91. The van der Waals surface area contributed by atoms with Crippen molar-refractivity contribution >= 4 is 59.2 Å². The van der Waals surface area contributed by atoms with Crippen LogP contribution >= 0.6 is 35.3 Å². The van der Waals surface area contributed by atoms with Crippen LogP contribution in [0, 0.1) is 0 Å². The van der Waals surface area contributed by atoms with E-state index in [1.165, 1.54) is 28.4 Å². The highest BCUT2D eigenvalue weighted by Crippen LogP contribution is 2.68. The molecule has 158 valence electrons. The molecule has 1 aromatic rings. The summed E-state index contributed by atoms with van der Waals surface area (Å²) < 4.78 is 18.2. The second-order valence-electron chi connectivity index (χ2n) is 5.75. The average Bonchev–Trinajstić information content (AvgIpc) is 3.17. The molecular weight excluding hydrogens is 452 g/mol. The molecule has 1 aromatic carbocycles. The van der Waals surface area contributed by atoms with Gasteiger partial charge in [0.15, 0.2) is 0 Å². The maximum absolute atomic E-state index is 12.9. The van der Waals surface area contributed by atoms with E-state index in [-0.39, 0.29) is 20.3 Å². The molecule has 11 heteroatoms. The average molecular weight is 469 g/mol. The number of ether oxygens (including phenoxy) is 4. The van der Waals surface area contributed by atoms with Crippen LogP contribution in [0.4, 0.5) is 0 Å². The van der Waals surface area contributed by atoms with Gasteiger partial charge in [0.2, 0.25) is 0 Å². The molecule has 0 radical (unpaired) electrons. The molecule has 0 amide bonds. The number of fused-ring (bicyclic) bond motifs is 2. The van der Waals surface area contributed by atoms with E-state index >= 15 is 0 Å². The minimum atomic E-state index is -1.36. The zero-order chi connectivity index (χ0) is 22.1. The number of methoxy groups -OCH3 is 4. The van der Waals surface area contributed by atoms with E-state index in [0.29, 0.717) is 10.5 Å². The van der Waals surface area contributed by atoms with Crippen molar-refractivity contribution in [2.45, 2.75) is 8.97 Å². The van der Waals surface area contributed by atoms with Crippen molar-refractivity contribution in [2.24, 2.45) is 0 Å². The molecule has 2 aliphatic rings. The number of thioether (sulfide) groups is 3. The molecule has 0 atom stereocenters. The Balaban J connectivity index is 2.32. The summed E-state index contributed by atoms with van der Waals surface area (Å²) in [4.78, 5) is 51.0. The number of carbonyl (C=O) groups excluding carboxylic acids is 4. The molecule has 0 unspecified atom stereocenters. The fraction of sp³-hybridized carbons (Fsp3) is 0.263. The highest BCUT2D eigenvalue weighted by molar-refractivity contribution is 8.25. The number of rotatable bonds is 4. The molecule has 2 heterocycles. The third kappa shape index (κ3) is 3.50. The van der Waals surface area contributed by atoms with Crippen molar-refractivity contribution in [1.82, 2.24) is 0 Å². The smallest absolute Gasteiger partial charge is 0.345 e. The van der Waals surface area contributed by atoms with Gasteiger partial charge in [-0.15, -0.1) is 0 Å². The Labute approximate surface area is 184 Å². The van der Waals surface area contributed by atoms with E-state index in [0.717, 1.165) is 35.3 Å². The summed E-state index contributed by atoms with van der Waals surface area (Å²) in [6.45, 7) is 0. The predicted octanol–water partition coefficient (Wildman–Crippen LogP) is 2.58. The van der Waals surface area contributed by atoms with Crippen molar-refractivity contribution in [3.05, 3.63) is 50.1 Å². The minimum absolute atomic E-state index is 0.0124. The standard InChI is InChI=1S/C19H16O8S3/c1-24-15(20)11-12(16(21)25-2)28-10-8-6-5-7-9(10)19(11)29-13(17(22)26-3)14(30-19)18(23)27-4/h5-8H,1-4H3. The van der Waals surface area contributed by atoms with E-state index in [9.17, 15) is 19.2 Å². The SMILES string of the molecule is COC(=O)C1=C(C(=O)OC)SC2(S1)C(C(=O)OC)=C(C(=O)OC)Sc1ccccc12. The molecule has 0 aliphatic carbocycles. The van der Waals surface area contributed by atoms with E-state index in [1.54, 1.807) is 24.3 Å². The van der Waals surface area contributed by atoms with Gasteiger partial charge in [-0.1, -0.05) is 53.5 Å². The van der Waals surface area contributed by atoms with E-state index < -0.39 is 28.0 Å². The maximum atomic E-state index is 12.9. The number of benzene rings is 1. The molecule has 0 saturated heterocycles. The number of hydrogen-bond acceptors (Lipinski definition) is 11. The summed E-state index contributed by atoms with van der Waals surface area (Å²) in [5.41, 5.74) is 0.592. The summed E-state index contributed by atoms with van der Waals surface area (Å²) in [5.74, 6) is -3.04. The van der Waals surface area contributed by atoms with Gasteiger partial charge in [0.25, 0.3) is 0 Å². The second-order valence-corrected chi connectivity index (χ2v) is 9.51. The topological polar surface area (TPSA) is 105 Å². The van der Waals surface area contributed by atoms with Crippen molar-refractivity contribution in [3.8, 4) is 0 Å². The summed E-state index contributed by atoms with van der Waals surface area (Å²) in [6, 6.07) is 7.06. The molecule has 0 N–H and O–H groups in total. The lowest BCUT2D eigenvalue weighted by molar-refractivity contribution is -0.139. The maximum Gasteiger partial charge on any atom is 0.345 e. The summed E-state index contributed by atoms with van der Waals surface area (Å²) in [6.07, 6.45) is 0. The summed E-state index contributed by atoms with van der Waals surface area (Å²) >= 11 is 2.92. The first-order valence-electron chi connectivity index (χ1n) is 8.32. The van der Waals surface area contributed by atoms with Crippen LogP contribution in [0.3, 0.4) is 0 Å². The first kappa shape index (κ1) is 22.3. The third-order valence-electron chi connectivity index (χ3n) is 4.21. The normalized spacial score (nSPS) is 16.8. The molecule has 0 bridgehead atoms. The van der Waals surface area contributed by atoms with Crippen molar-refractivity contribution in [3.63, 3.8) is 0 Å². The first-order valence-corrected chi connectivity index (χ1v) is 10.8. The van der Waals surface area contributed by atoms with Crippen molar-refractivity contribution < 1.29 is 38.1 Å². The highest BCUT2D eigenvalue weighted by Gasteiger charge is 2.56. The monoisotopic (exact) mass is 468 g/mol. The Bertz CT molecular complexity index is 983. The van der Waals surface area contributed by atoms with Gasteiger partial charge in [0.1, 0.15) is 18.8 Å². The van der Waals surface area contributed by atoms with Crippen LogP contribution in [0.15, 0.2) is 49.4 Å². The highest BCUT2D eigenvalue weighted by atomic mass is 32.2.